The van der Waals surface area contributed by atoms with E-state index < -0.39 is 15.8 Å². The summed E-state index contributed by atoms with van der Waals surface area (Å²) in [6.45, 7) is 0.759. The van der Waals surface area contributed by atoms with E-state index in [2.05, 4.69) is 0 Å². The lowest BCUT2D eigenvalue weighted by Crippen LogP contribution is -2.33. The Morgan fingerprint density at radius 2 is 2.12 bits per heavy atom. The Kier molecular flexibility index (Phi) is 3.46. The third kappa shape index (κ3) is 2.83. The molecule has 2 rings (SSSR count). The summed E-state index contributed by atoms with van der Waals surface area (Å²) in [5, 5.41) is 0. The molecule has 1 atom stereocenters. The molecule has 2 N–H and O–H groups in total. The van der Waals surface area contributed by atoms with Crippen LogP contribution in [0.4, 0.5) is 4.39 Å². The minimum atomic E-state index is -3.46. The Hall–Kier alpha value is -0.980. The SMILES string of the molecule is N[C@@H]1CCN(S(=O)(=O)Cc2ccccc2F)C1. The molecule has 1 heterocycles. The van der Waals surface area contributed by atoms with Crippen LogP contribution in [-0.4, -0.2) is 31.9 Å². The maximum absolute atomic E-state index is 13.4. The molecule has 0 aromatic heterocycles. The van der Waals surface area contributed by atoms with Gasteiger partial charge >= 0.3 is 0 Å². The zero-order valence-corrected chi connectivity index (χ0v) is 10.2. The van der Waals surface area contributed by atoms with E-state index in [1.54, 1.807) is 6.07 Å². The monoisotopic (exact) mass is 258 g/mol. The van der Waals surface area contributed by atoms with Gasteiger partial charge in [0.1, 0.15) is 5.82 Å². The summed E-state index contributed by atoms with van der Waals surface area (Å²) in [7, 11) is -3.46. The maximum atomic E-state index is 13.4. The molecule has 1 aliphatic rings. The van der Waals surface area contributed by atoms with Crippen LogP contribution in [0, 0.1) is 5.82 Å². The average Bonchev–Trinajstić information content (AvgIpc) is 2.69. The van der Waals surface area contributed by atoms with E-state index in [9.17, 15) is 12.8 Å². The lowest BCUT2D eigenvalue weighted by atomic mass is 10.2. The highest BCUT2D eigenvalue weighted by atomic mass is 32.2. The Labute approximate surface area is 100 Å². The molecule has 1 aromatic carbocycles. The molecule has 4 nitrogen and oxygen atoms in total. The molecule has 1 fully saturated rings. The molecular formula is C11H15FN2O2S. The Morgan fingerprint density at radius 3 is 2.71 bits per heavy atom. The maximum Gasteiger partial charge on any atom is 0.218 e. The van der Waals surface area contributed by atoms with Gasteiger partial charge in [-0.25, -0.2) is 17.1 Å². The highest BCUT2D eigenvalue weighted by Gasteiger charge is 2.30. The van der Waals surface area contributed by atoms with Gasteiger partial charge in [0.2, 0.25) is 10.0 Å². The standard InChI is InChI=1S/C11H15FN2O2S/c12-11-4-2-1-3-9(11)8-17(15,16)14-6-5-10(13)7-14/h1-4,10H,5-8,13H2/t10-/m1/s1. The van der Waals surface area contributed by atoms with Crippen molar-refractivity contribution in [1.82, 2.24) is 4.31 Å². The predicted molar refractivity (Wildman–Crippen MR) is 63.2 cm³/mol. The van der Waals surface area contributed by atoms with Gasteiger partial charge < -0.3 is 5.73 Å². The fourth-order valence-corrected chi connectivity index (χ4v) is 3.52. The number of nitrogens with zero attached hydrogens (tertiary/aromatic N) is 1. The van der Waals surface area contributed by atoms with E-state index in [0.29, 0.717) is 19.5 Å². The largest absolute Gasteiger partial charge is 0.326 e. The lowest BCUT2D eigenvalue weighted by molar-refractivity contribution is 0.470. The molecule has 0 spiro atoms. The van der Waals surface area contributed by atoms with Crippen LogP contribution >= 0.6 is 0 Å². The molecule has 94 valence electrons. The molecule has 1 aromatic rings. The Morgan fingerprint density at radius 1 is 1.41 bits per heavy atom. The molecule has 0 bridgehead atoms. The van der Waals surface area contributed by atoms with E-state index in [0.717, 1.165) is 0 Å². The van der Waals surface area contributed by atoms with Gasteiger partial charge in [0, 0.05) is 24.7 Å². The van der Waals surface area contributed by atoms with Crippen LogP contribution in [0.5, 0.6) is 0 Å². The van der Waals surface area contributed by atoms with Crippen molar-refractivity contribution >= 4 is 10.0 Å². The van der Waals surface area contributed by atoms with Crippen LogP contribution < -0.4 is 5.73 Å². The molecular weight excluding hydrogens is 243 g/mol. The molecule has 6 heteroatoms. The fraction of sp³-hybridized carbons (Fsp3) is 0.455. The van der Waals surface area contributed by atoms with Gasteiger partial charge in [0.25, 0.3) is 0 Å². The van der Waals surface area contributed by atoms with Gasteiger partial charge in [0.15, 0.2) is 0 Å². The highest BCUT2D eigenvalue weighted by Crippen LogP contribution is 2.18. The van der Waals surface area contributed by atoms with Crippen molar-refractivity contribution in [1.29, 1.82) is 0 Å². The third-order valence-electron chi connectivity index (χ3n) is 2.88. The summed E-state index contributed by atoms with van der Waals surface area (Å²) in [6.07, 6.45) is 0.663. The average molecular weight is 258 g/mol. The lowest BCUT2D eigenvalue weighted by Gasteiger charge is -2.16. The van der Waals surface area contributed by atoms with Crippen LogP contribution in [0.1, 0.15) is 12.0 Å². The van der Waals surface area contributed by atoms with Gasteiger partial charge in [-0.3, -0.25) is 0 Å². The van der Waals surface area contributed by atoms with Crippen LogP contribution in [0.2, 0.25) is 0 Å². The van der Waals surface area contributed by atoms with Crippen LogP contribution in [0.15, 0.2) is 24.3 Å². The van der Waals surface area contributed by atoms with Crippen LogP contribution in [0.25, 0.3) is 0 Å². The van der Waals surface area contributed by atoms with Crippen LogP contribution in [0.3, 0.4) is 0 Å². The number of sulfonamides is 1. The molecule has 0 saturated carbocycles. The topological polar surface area (TPSA) is 63.4 Å². The third-order valence-corrected chi connectivity index (χ3v) is 4.67. The second-order valence-corrected chi connectivity index (χ2v) is 6.22. The van der Waals surface area contributed by atoms with E-state index in [1.807, 2.05) is 0 Å². The van der Waals surface area contributed by atoms with Gasteiger partial charge in [-0.05, 0) is 12.5 Å². The van der Waals surface area contributed by atoms with Crippen molar-refractivity contribution in [2.45, 2.75) is 18.2 Å². The van der Waals surface area contributed by atoms with E-state index >= 15 is 0 Å². The van der Waals surface area contributed by atoms with Crippen molar-refractivity contribution in [2.75, 3.05) is 13.1 Å². The summed E-state index contributed by atoms with van der Waals surface area (Å²) in [5.74, 6) is -0.786. The van der Waals surface area contributed by atoms with E-state index in [4.69, 9.17) is 5.73 Å². The predicted octanol–water partition coefficient (Wildman–Crippen LogP) is 0.689. The zero-order valence-electron chi connectivity index (χ0n) is 9.34. The first-order chi connectivity index (χ1) is 7.99. The van der Waals surface area contributed by atoms with Crippen molar-refractivity contribution in [3.05, 3.63) is 35.6 Å². The second kappa shape index (κ2) is 4.72. The van der Waals surface area contributed by atoms with Crippen molar-refractivity contribution in [2.24, 2.45) is 5.73 Å². The number of rotatable bonds is 3. The summed E-state index contributed by atoms with van der Waals surface area (Å²) in [6, 6.07) is 5.81. The fourth-order valence-electron chi connectivity index (χ4n) is 1.91. The zero-order chi connectivity index (χ0) is 12.5. The normalized spacial score (nSPS) is 21.9. The minimum Gasteiger partial charge on any atom is -0.326 e. The van der Waals surface area contributed by atoms with Crippen molar-refractivity contribution < 1.29 is 12.8 Å². The number of hydrogen-bond acceptors (Lipinski definition) is 3. The molecule has 1 saturated heterocycles. The quantitative estimate of drug-likeness (QED) is 0.867. The molecule has 0 unspecified atom stereocenters. The first-order valence-electron chi connectivity index (χ1n) is 5.46. The van der Waals surface area contributed by atoms with Crippen molar-refractivity contribution in [3.63, 3.8) is 0 Å². The molecule has 0 radical (unpaired) electrons. The minimum absolute atomic E-state index is 0.106. The highest BCUT2D eigenvalue weighted by molar-refractivity contribution is 7.88. The Balaban J connectivity index is 2.15. The number of hydrogen-bond donors (Lipinski definition) is 1. The second-order valence-electron chi connectivity index (χ2n) is 4.25. The summed E-state index contributed by atoms with van der Waals surface area (Å²) in [4.78, 5) is 0. The van der Waals surface area contributed by atoms with Gasteiger partial charge in [-0.1, -0.05) is 18.2 Å². The Bertz CT molecular complexity index is 504. The van der Waals surface area contributed by atoms with Crippen molar-refractivity contribution in [3.8, 4) is 0 Å². The van der Waals surface area contributed by atoms with Gasteiger partial charge in [-0.15, -0.1) is 0 Å². The van der Waals surface area contributed by atoms with E-state index in [-0.39, 0.29) is 17.4 Å². The smallest absolute Gasteiger partial charge is 0.218 e. The first kappa shape index (κ1) is 12.5. The van der Waals surface area contributed by atoms with Gasteiger partial charge in [-0.2, -0.15) is 0 Å². The summed E-state index contributed by atoms with van der Waals surface area (Å²) >= 11 is 0. The summed E-state index contributed by atoms with van der Waals surface area (Å²) < 4.78 is 38.7. The first-order valence-corrected chi connectivity index (χ1v) is 7.07. The van der Waals surface area contributed by atoms with Crippen LogP contribution in [-0.2, 0) is 15.8 Å². The van der Waals surface area contributed by atoms with Gasteiger partial charge in [0.05, 0.1) is 5.75 Å². The van der Waals surface area contributed by atoms with E-state index in [1.165, 1.54) is 22.5 Å². The molecule has 0 aliphatic carbocycles. The summed E-state index contributed by atoms with van der Waals surface area (Å²) in [5.41, 5.74) is 5.87. The number of halogens is 1. The number of nitrogens with two attached hydrogens (primary N) is 1. The molecule has 17 heavy (non-hydrogen) atoms. The molecule has 1 aliphatic heterocycles. The molecule has 0 amide bonds. The number of benzene rings is 1.